The van der Waals surface area contributed by atoms with Crippen molar-refractivity contribution in [2.24, 2.45) is 0 Å². The van der Waals surface area contributed by atoms with Crippen LogP contribution in [0.5, 0.6) is 5.75 Å². The number of hydrogen-bond donors (Lipinski definition) is 1. The highest BCUT2D eigenvalue weighted by Gasteiger charge is 2.20. The van der Waals surface area contributed by atoms with Gasteiger partial charge in [-0.25, -0.2) is 9.67 Å². The van der Waals surface area contributed by atoms with Crippen molar-refractivity contribution in [1.82, 2.24) is 24.6 Å². The van der Waals surface area contributed by atoms with Crippen LogP contribution in [0.3, 0.4) is 0 Å². The summed E-state index contributed by atoms with van der Waals surface area (Å²) < 4.78 is 7.36. The lowest BCUT2D eigenvalue weighted by Crippen LogP contribution is -2.29. The van der Waals surface area contributed by atoms with E-state index < -0.39 is 0 Å². The van der Waals surface area contributed by atoms with Crippen molar-refractivity contribution in [1.29, 1.82) is 0 Å². The van der Waals surface area contributed by atoms with Crippen molar-refractivity contribution in [3.05, 3.63) is 77.5 Å². The Kier molecular flexibility index (Phi) is 4.33. The van der Waals surface area contributed by atoms with Crippen molar-refractivity contribution < 1.29 is 4.74 Å². The first-order chi connectivity index (χ1) is 13.8. The molecule has 0 saturated heterocycles. The van der Waals surface area contributed by atoms with E-state index in [2.05, 4.69) is 62.4 Å². The molecule has 1 aliphatic heterocycles. The number of rotatable bonds is 5. The number of nitrogens with zero attached hydrogens (tertiary/aromatic N) is 4. The molecule has 0 radical (unpaired) electrons. The van der Waals surface area contributed by atoms with Crippen LogP contribution < -0.4 is 4.74 Å². The molecule has 0 aliphatic carbocycles. The third kappa shape index (κ3) is 3.16. The maximum absolute atomic E-state index is 5.54. The summed E-state index contributed by atoms with van der Waals surface area (Å²) in [4.78, 5) is 10.1. The highest BCUT2D eigenvalue weighted by Crippen LogP contribution is 2.29. The van der Waals surface area contributed by atoms with E-state index in [1.807, 2.05) is 4.68 Å². The molecule has 0 amide bonds. The molecule has 0 saturated carbocycles. The lowest BCUT2D eigenvalue weighted by molar-refractivity contribution is 0.245. The fourth-order valence-corrected chi connectivity index (χ4v) is 4.16. The average Bonchev–Trinajstić information content (AvgIpc) is 3.36. The zero-order valence-electron chi connectivity index (χ0n) is 15.9. The lowest BCUT2D eigenvalue weighted by Gasteiger charge is -2.27. The quantitative estimate of drug-likeness (QED) is 0.583. The van der Waals surface area contributed by atoms with E-state index in [1.54, 1.807) is 19.8 Å². The van der Waals surface area contributed by atoms with Gasteiger partial charge in [-0.3, -0.25) is 4.90 Å². The van der Waals surface area contributed by atoms with E-state index in [4.69, 9.17) is 4.74 Å². The number of aromatic nitrogens is 4. The summed E-state index contributed by atoms with van der Waals surface area (Å²) >= 11 is 0. The molecular formula is C22H23N5O. The minimum atomic E-state index is 0.656. The Morgan fingerprint density at radius 2 is 2.07 bits per heavy atom. The normalized spacial score (nSPS) is 14.3. The standard InChI is InChI=1S/C22H23N5O/c1-28-22-7-6-16(10-17(22)12-27-15-23-14-24-27)11-26-9-8-21-19(13-26)18-4-2-3-5-20(18)25-21/h2-7,10,14-15,25H,8-9,11-13H2,1H3. The van der Waals surface area contributed by atoms with Crippen molar-refractivity contribution in [3.63, 3.8) is 0 Å². The predicted molar refractivity (Wildman–Crippen MR) is 108 cm³/mol. The van der Waals surface area contributed by atoms with Gasteiger partial charge >= 0.3 is 0 Å². The molecule has 2 aromatic heterocycles. The molecule has 1 aliphatic rings. The summed E-state index contributed by atoms with van der Waals surface area (Å²) in [5, 5.41) is 5.57. The van der Waals surface area contributed by atoms with Crippen molar-refractivity contribution in [2.75, 3.05) is 13.7 Å². The third-order valence-corrected chi connectivity index (χ3v) is 5.51. The van der Waals surface area contributed by atoms with E-state index in [0.29, 0.717) is 6.54 Å². The molecule has 2 aromatic carbocycles. The van der Waals surface area contributed by atoms with E-state index >= 15 is 0 Å². The molecule has 6 heteroatoms. The third-order valence-electron chi connectivity index (χ3n) is 5.51. The summed E-state index contributed by atoms with van der Waals surface area (Å²) in [6, 6.07) is 15.0. The van der Waals surface area contributed by atoms with Crippen LogP contribution in [0.15, 0.2) is 55.1 Å². The Balaban J connectivity index is 1.37. The number of ether oxygens (including phenoxy) is 1. The molecule has 0 bridgehead atoms. The minimum absolute atomic E-state index is 0.656. The zero-order valence-corrected chi connectivity index (χ0v) is 15.9. The van der Waals surface area contributed by atoms with Crippen LogP contribution in [0.1, 0.15) is 22.4 Å². The van der Waals surface area contributed by atoms with E-state index in [9.17, 15) is 0 Å². The number of nitrogens with one attached hydrogen (secondary N) is 1. The first kappa shape index (κ1) is 17.0. The van der Waals surface area contributed by atoms with E-state index in [1.165, 1.54) is 27.7 Å². The number of H-pyrrole nitrogens is 1. The zero-order chi connectivity index (χ0) is 18.9. The number of para-hydroxylation sites is 1. The number of hydrogen-bond acceptors (Lipinski definition) is 4. The number of methoxy groups -OCH3 is 1. The van der Waals surface area contributed by atoms with Gasteiger partial charge in [-0.2, -0.15) is 5.10 Å². The summed E-state index contributed by atoms with van der Waals surface area (Å²) in [6.45, 7) is 3.62. The van der Waals surface area contributed by atoms with Crippen LogP contribution in [-0.2, 0) is 26.1 Å². The molecule has 1 N–H and O–H groups in total. The molecule has 0 unspecified atom stereocenters. The first-order valence-corrected chi connectivity index (χ1v) is 9.59. The number of benzene rings is 2. The highest BCUT2D eigenvalue weighted by molar-refractivity contribution is 5.84. The van der Waals surface area contributed by atoms with Crippen LogP contribution >= 0.6 is 0 Å². The smallest absolute Gasteiger partial charge is 0.137 e. The second kappa shape index (κ2) is 7.13. The molecule has 5 rings (SSSR count). The Morgan fingerprint density at radius 1 is 1.14 bits per heavy atom. The first-order valence-electron chi connectivity index (χ1n) is 9.59. The molecule has 0 atom stereocenters. The second-order valence-electron chi connectivity index (χ2n) is 7.33. The van der Waals surface area contributed by atoms with Crippen LogP contribution in [0.4, 0.5) is 0 Å². The minimum Gasteiger partial charge on any atom is -0.496 e. The molecule has 3 heterocycles. The second-order valence-corrected chi connectivity index (χ2v) is 7.33. The van der Waals surface area contributed by atoms with Gasteiger partial charge < -0.3 is 9.72 Å². The number of aromatic amines is 1. The Hall–Kier alpha value is -3.12. The summed E-state index contributed by atoms with van der Waals surface area (Å²) in [7, 11) is 1.71. The SMILES string of the molecule is COc1ccc(CN2CCc3[nH]c4ccccc4c3C2)cc1Cn1cncn1. The Bertz CT molecular complexity index is 1100. The Labute approximate surface area is 163 Å². The molecular weight excluding hydrogens is 350 g/mol. The molecule has 6 nitrogen and oxygen atoms in total. The van der Waals surface area contributed by atoms with Crippen LogP contribution in [0.2, 0.25) is 0 Å². The fraction of sp³-hybridized carbons (Fsp3) is 0.273. The summed E-state index contributed by atoms with van der Waals surface area (Å²) in [5.74, 6) is 0.886. The van der Waals surface area contributed by atoms with Gasteiger partial charge in [0.1, 0.15) is 18.4 Å². The van der Waals surface area contributed by atoms with Crippen LogP contribution in [-0.4, -0.2) is 38.3 Å². The topological polar surface area (TPSA) is 59.0 Å². The van der Waals surface area contributed by atoms with Crippen molar-refractivity contribution in [3.8, 4) is 5.75 Å². The van der Waals surface area contributed by atoms with Gasteiger partial charge in [0.25, 0.3) is 0 Å². The van der Waals surface area contributed by atoms with Crippen LogP contribution in [0.25, 0.3) is 10.9 Å². The largest absolute Gasteiger partial charge is 0.496 e. The van der Waals surface area contributed by atoms with E-state index in [0.717, 1.165) is 37.4 Å². The summed E-state index contributed by atoms with van der Waals surface area (Å²) in [5.41, 5.74) is 6.49. The molecule has 4 aromatic rings. The lowest BCUT2D eigenvalue weighted by atomic mass is 10.0. The van der Waals surface area contributed by atoms with Gasteiger partial charge in [-0.05, 0) is 29.3 Å². The molecule has 0 fully saturated rings. The van der Waals surface area contributed by atoms with Gasteiger partial charge in [0, 0.05) is 48.2 Å². The monoisotopic (exact) mass is 373 g/mol. The number of fused-ring (bicyclic) bond motifs is 3. The fourth-order valence-electron chi connectivity index (χ4n) is 4.16. The van der Waals surface area contributed by atoms with Crippen molar-refractivity contribution >= 4 is 10.9 Å². The van der Waals surface area contributed by atoms with Crippen LogP contribution in [0, 0.1) is 0 Å². The summed E-state index contributed by atoms with van der Waals surface area (Å²) in [6.07, 6.45) is 4.35. The molecule has 28 heavy (non-hydrogen) atoms. The van der Waals surface area contributed by atoms with Gasteiger partial charge in [-0.1, -0.05) is 24.3 Å². The maximum Gasteiger partial charge on any atom is 0.137 e. The molecule has 0 spiro atoms. The highest BCUT2D eigenvalue weighted by atomic mass is 16.5. The average molecular weight is 373 g/mol. The van der Waals surface area contributed by atoms with Crippen molar-refractivity contribution in [2.45, 2.75) is 26.1 Å². The maximum atomic E-state index is 5.54. The van der Waals surface area contributed by atoms with Gasteiger partial charge in [-0.15, -0.1) is 0 Å². The molecule has 142 valence electrons. The van der Waals surface area contributed by atoms with Gasteiger partial charge in [0.05, 0.1) is 13.7 Å². The van der Waals surface area contributed by atoms with E-state index in [-0.39, 0.29) is 0 Å². The Morgan fingerprint density at radius 3 is 2.93 bits per heavy atom. The predicted octanol–water partition coefficient (Wildman–Crippen LogP) is 3.37. The van der Waals surface area contributed by atoms with Gasteiger partial charge in [0.2, 0.25) is 0 Å². The van der Waals surface area contributed by atoms with Gasteiger partial charge in [0.15, 0.2) is 0 Å².